The van der Waals surface area contributed by atoms with Crippen LogP contribution in [-0.2, 0) is 19.1 Å². The van der Waals surface area contributed by atoms with Crippen molar-refractivity contribution in [3.63, 3.8) is 0 Å². The maximum Gasteiger partial charge on any atom is 0.246 e. The van der Waals surface area contributed by atoms with Gasteiger partial charge in [0, 0.05) is 27.8 Å². The summed E-state index contributed by atoms with van der Waals surface area (Å²) in [4.78, 5) is 44.3. The lowest BCUT2D eigenvalue weighted by molar-refractivity contribution is -0.145. The molecule has 218 valence electrons. The third-order valence-corrected chi connectivity index (χ3v) is 11.3. The first-order valence-corrected chi connectivity index (χ1v) is 15.9. The van der Waals surface area contributed by atoms with Crippen LogP contribution in [0.5, 0.6) is 0 Å². The van der Waals surface area contributed by atoms with Crippen LogP contribution in [0.4, 0.5) is 5.69 Å². The Kier molecular flexibility index (Phi) is 7.62. The van der Waals surface area contributed by atoms with Gasteiger partial charge in [0.1, 0.15) is 11.6 Å². The first-order chi connectivity index (χ1) is 19.1. The predicted molar refractivity (Wildman–Crippen MR) is 155 cm³/mol. The number of nitrogens with one attached hydrogen (secondary N) is 2. The Bertz CT molecular complexity index is 1170. The number of likely N-dealkylation sites (tertiary alicyclic amines) is 1. The van der Waals surface area contributed by atoms with E-state index < -0.39 is 29.6 Å². The monoisotopic (exact) mass is 589 g/mol. The number of rotatable bonds is 5. The van der Waals surface area contributed by atoms with E-state index in [4.69, 9.17) is 27.9 Å². The van der Waals surface area contributed by atoms with Crippen LogP contribution in [0.3, 0.4) is 0 Å². The first-order valence-electron chi connectivity index (χ1n) is 15.2. The fourth-order valence-electron chi connectivity index (χ4n) is 8.50. The highest BCUT2D eigenvalue weighted by Crippen LogP contribution is 2.59. The summed E-state index contributed by atoms with van der Waals surface area (Å²) in [6.07, 6.45) is 7.87. The molecule has 1 spiro atoms. The van der Waals surface area contributed by atoms with Crippen LogP contribution >= 0.6 is 23.2 Å². The SMILES string of the molecule is CC1CCC(N2C(=O)C3C(C(=O)Nc4cc(Cl)cc(Cl)c4)C4CCC3(O4)C2C(=O)NC2CCCC(C)C2C)CC1. The van der Waals surface area contributed by atoms with Gasteiger partial charge in [0.2, 0.25) is 17.7 Å². The topological polar surface area (TPSA) is 87.7 Å². The van der Waals surface area contributed by atoms with Crippen molar-refractivity contribution in [1.82, 2.24) is 10.2 Å². The molecule has 1 aromatic rings. The molecule has 2 saturated carbocycles. The van der Waals surface area contributed by atoms with Crippen LogP contribution in [0.15, 0.2) is 18.2 Å². The summed E-state index contributed by atoms with van der Waals surface area (Å²) in [5.41, 5.74) is -0.496. The van der Waals surface area contributed by atoms with Crippen molar-refractivity contribution in [2.24, 2.45) is 29.6 Å². The summed E-state index contributed by atoms with van der Waals surface area (Å²) in [7, 11) is 0. The van der Waals surface area contributed by atoms with Gasteiger partial charge in [-0.15, -0.1) is 0 Å². The van der Waals surface area contributed by atoms with E-state index in [9.17, 15) is 14.4 Å². The van der Waals surface area contributed by atoms with Gasteiger partial charge in [-0.05, 0) is 80.9 Å². The van der Waals surface area contributed by atoms with Crippen LogP contribution in [0.1, 0.15) is 78.6 Å². The van der Waals surface area contributed by atoms with Crippen LogP contribution in [0, 0.1) is 29.6 Å². The summed E-state index contributed by atoms with van der Waals surface area (Å²) in [5, 5.41) is 7.16. The average molecular weight is 591 g/mol. The zero-order valence-corrected chi connectivity index (χ0v) is 25.1. The molecule has 3 aliphatic heterocycles. The summed E-state index contributed by atoms with van der Waals surface area (Å²) in [6.45, 7) is 6.72. The molecule has 8 atom stereocenters. The number of ether oxygens (including phenoxy) is 1. The second-order valence-electron chi connectivity index (χ2n) is 13.2. The fourth-order valence-corrected chi connectivity index (χ4v) is 9.03. The Balaban J connectivity index is 1.31. The van der Waals surface area contributed by atoms with E-state index >= 15 is 0 Å². The predicted octanol–water partition coefficient (Wildman–Crippen LogP) is 5.83. The first kappa shape index (κ1) is 28.3. The molecule has 0 radical (unpaired) electrons. The van der Waals surface area contributed by atoms with Gasteiger partial charge < -0.3 is 20.3 Å². The zero-order chi connectivity index (χ0) is 28.3. The van der Waals surface area contributed by atoms with Crippen LogP contribution in [-0.4, -0.2) is 52.5 Å². The Morgan fingerprint density at radius 2 is 1.65 bits per heavy atom. The van der Waals surface area contributed by atoms with Crippen LogP contribution < -0.4 is 10.6 Å². The number of carbonyl (C=O) groups excluding carboxylic acids is 3. The molecule has 9 heteroatoms. The average Bonchev–Trinajstić information content (AvgIpc) is 3.54. The number of nitrogens with zero attached hydrogens (tertiary/aromatic N) is 1. The molecule has 2 bridgehead atoms. The van der Waals surface area contributed by atoms with Crippen molar-refractivity contribution < 1.29 is 19.1 Å². The van der Waals surface area contributed by atoms with E-state index in [0.717, 1.165) is 38.5 Å². The highest BCUT2D eigenvalue weighted by molar-refractivity contribution is 6.35. The summed E-state index contributed by atoms with van der Waals surface area (Å²) >= 11 is 12.3. The van der Waals surface area contributed by atoms with E-state index in [1.807, 2.05) is 4.90 Å². The fraction of sp³-hybridized carbons (Fsp3) is 0.710. The van der Waals surface area contributed by atoms with Crippen molar-refractivity contribution in [3.05, 3.63) is 28.2 Å². The van der Waals surface area contributed by atoms with Gasteiger partial charge in [0.05, 0.1) is 17.9 Å². The van der Waals surface area contributed by atoms with E-state index in [1.165, 1.54) is 6.42 Å². The van der Waals surface area contributed by atoms with Gasteiger partial charge in [0.25, 0.3) is 0 Å². The standard InChI is InChI=1S/C31H41Cl2N3O4/c1-16-7-9-22(10-8-16)36-27(29(38)35-23-6-4-5-17(2)18(23)3)31-12-11-24(40-31)25(26(31)30(36)39)28(37)34-21-14-19(32)13-20(33)15-21/h13-18,22-27H,4-12H2,1-3H3,(H,34,37)(H,35,38). The van der Waals surface area contributed by atoms with E-state index in [0.29, 0.717) is 46.3 Å². The molecule has 5 aliphatic rings. The maximum absolute atomic E-state index is 14.4. The quantitative estimate of drug-likeness (QED) is 0.452. The number of amides is 3. The molecule has 2 aliphatic carbocycles. The summed E-state index contributed by atoms with van der Waals surface area (Å²) in [6, 6.07) is 4.25. The molecule has 6 rings (SSSR count). The lowest BCUT2D eigenvalue weighted by Crippen LogP contribution is -2.60. The maximum atomic E-state index is 14.4. The molecule has 0 aromatic heterocycles. The molecular formula is C31H41Cl2N3O4. The largest absolute Gasteiger partial charge is 0.367 e. The number of anilines is 1. The number of fused-ring (bicyclic) bond motifs is 1. The van der Waals surface area contributed by atoms with Gasteiger partial charge in [-0.3, -0.25) is 14.4 Å². The molecule has 40 heavy (non-hydrogen) atoms. The third-order valence-electron chi connectivity index (χ3n) is 10.8. The van der Waals surface area contributed by atoms with Gasteiger partial charge in [0.15, 0.2) is 0 Å². The van der Waals surface area contributed by atoms with E-state index in [-0.39, 0.29) is 29.8 Å². The zero-order valence-electron chi connectivity index (χ0n) is 23.6. The highest BCUT2D eigenvalue weighted by Gasteiger charge is 2.75. The number of benzene rings is 1. The van der Waals surface area contributed by atoms with Gasteiger partial charge >= 0.3 is 0 Å². The molecule has 3 heterocycles. The third kappa shape index (κ3) is 4.74. The van der Waals surface area contributed by atoms with Crippen molar-refractivity contribution in [2.45, 2.75) is 108 Å². The van der Waals surface area contributed by atoms with Crippen molar-refractivity contribution in [2.75, 3.05) is 5.32 Å². The second-order valence-corrected chi connectivity index (χ2v) is 14.1. The lowest BCUT2D eigenvalue weighted by atomic mass is 9.70. The number of hydrogen-bond donors (Lipinski definition) is 2. The summed E-state index contributed by atoms with van der Waals surface area (Å²) < 4.78 is 6.65. The second kappa shape index (κ2) is 10.8. The Morgan fingerprint density at radius 1 is 0.950 bits per heavy atom. The molecule has 3 amide bonds. The molecule has 8 unspecified atom stereocenters. The molecule has 3 saturated heterocycles. The Labute approximate surface area is 247 Å². The Hall–Kier alpha value is -1.83. The summed E-state index contributed by atoms with van der Waals surface area (Å²) in [5.74, 6) is -0.322. The van der Waals surface area contributed by atoms with Crippen molar-refractivity contribution >= 4 is 46.6 Å². The molecule has 7 nitrogen and oxygen atoms in total. The Morgan fingerprint density at radius 3 is 2.35 bits per heavy atom. The van der Waals surface area contributed by atoms with Gasteiger partial charge in [-0.2, -0.15) is 0 Å². The van der Waals surface area contributed by atoms with Crippen molar-refractivity contribution in [1.29, 1.82) is 0 Å². The van der Waals surface area contributed by atoms with E-state index in [1.54, 1.807) is 18.2 Å². The van der Waals surface area contributed by atoms with Crippen LogP contribution in [0.25, 0.3) is 0 Å². The number of hydrogen-bond acceptors (Lipinski definition) is 4. The normalized spacial score (nSPS) is 40.7. The van der Waals surface area contributed by atoms with Gasteiger partial charge in [-0.25, -0.2) is 0 Å². The minimum Gasteiger partial charge on any atom is -0.367 e. The van der Waals surface area contributed by atoms with Gasteiger partial charge in [-0.1, -0.05) is 56.8 Å². The number of carbonyl (C=O) groups is 3. The van der Waals surface area contributed by atoms with E-state index in [2.05, 4.69) is 31.4 Å². The molecular weight excluding hydrogens is 549 g/mol. The van der Waals surface area contributed by atoms with Crippen LogP contribution in [0.2, 0.25) is 10.0 Å². The van der Waals surface area contributed by atoms with Crippen molar-refractivity contribution in [3.8, 4) is 0 Å². The highest BCUT2D eigenvalue weighted by atomic mass is 35.5. The lowest BCUT2D eigenvalue weighted by Gasteiger charge is -2.41. The molecule has 2 N–H and O–H groups in total. The minimum absolute atomic E-state index is 0.0137. The smallest absolute Gasteiger partial charge is 0.246 e. The number of halogens is 2. The molecule has 1 aromatic carbocycles. The minimum atomic E-state index is -0.980. The molecule has 5 fully saturated rings.